The van der Waals surface area contributed by atoms with Crippen molar-refractivity contribution in [2.75, 3.05) is 11.6 Å². The molecule has 1 saturated carbocycles. The van der Waals surface area contributed by atoms with Crippen molar-refractivity contribution in [3.05, 3.63) is 11.8 Å². The van der Waals surface area contributed by atoms with Gasteiger partial charge in [-0.2, -0.15) is 0 Å². The molecule has 7 heteroatoms. The van der Waals surface area contributed by atoms with Gasteiger partial charge in [-0.05, 0) is 6.26 Å². The Labute approximate surface area is 101 Å². The third-order valence-electron chi connectivity index (χ3n) is 2.54. The standard InChI is InChI=1S/C10H11F2N3OS/c1-17-9-13-4-6(5-16)8(15-9)14-7-2-10(11,12)3-7/h4-5,7H,2-3H2,1H3,(H,13,14,15). The zero-order valence-corrected chi connectivity index (χ0v) is 9.93. The summed E-state index contributed by atoms with van der Waals surface area (Å²) >= 11 is 1.33. The van der Waals surface area contributed by atoms with Gasteiger partial charge in [-0.1, -0.05) is 11.8 Å². The Kier molecular flexibility index (Phi) is 3.28. The maximum Gasteiger partial charge on any atom is 0.252 e. The molecule has 1 aromatic rings. The average molecular weight is 259 g/mol. The summed E-state index contributed by atoms with van der Waals surface area (Å²) in [5.41, 5.74) is 0.290. The predicted molar refractivity (Wildman–Crippen MR) is 60.8 cm³/mol. The van der Waals surface area contributed by atoms with Gasteiger partial charge in [-0.3, -0.25) is 4.79 Å². The molecule has 92 valence electrons. The minimum atomic E-state index is -2.59. The molecule has 0 spiro atoms. The molecule has 2 rings (SSSR count). The van der Waals surface area contributed by atoms with Gasteiger partial charge in [0, 0.05) is 25.1 Å². The number of aromatic nitrogens is 2. The van der Waals surface area contributed by atoms with Crippen molar-refractivity contribution >= 4 is 23.9 Å². The van der Waals surface area contributed by atoms with E-state index >= 15 is 0 Å². The van der Waals surface area contributed by atoms with Crippen LogP contribution in [-0.2, 0) is 0 Å². The molecule has 0 amide bonds. The first kappa shape index (κ1) is 12.2. The molecule has 1 aliphatic rings. The van der Waals surface area contributed by atoms with Crippen molar-refractivity contribution in [3.8, 4) is 0 Å². The highest BCUT2D eigenvalue weighted by molar-refractivity contribution is 7.98. The molecule has 1 N–H and O–H groups in total. The van der Waals surface area contributed by atoms with Crippen LogP contribution in [0.4, 0.5) is 14.6 Å². The fraction of sp³-hybridized carbons (Fsp3) is 0.500. The summed E-state index contributed by atoms with van der Waals surface area (Å²) in [5.74, 6) is -2.26. The lowest BCUT2D eigenvalue weighted by Crippen LogP contribution is -2.44. The molecule has 0 saturated heterocycles. The van der Waals surface area contributed by atoms with Gasteiger partial charge in [-0.25, -0.2) is 18.7 Å². The number of nitrogens with zero attached hydrogens (tertiary/aromatic N) is 2. The van der Waals surface area contributed by atoms with Gasteiger partial charge in [0.05, 0.1) is 5.56 Å². The molecule has 1 fully saturated rings. The second kappa shape index (κ2) is 4.56. The number of carbonyl (C=O) groups is 1. The van der Waals surface area contributed by atoms with Crippen molar-refractivity contribution in [2.45, 2.75) is 30.0 Å². The first-order valence-electron chi connectivity index (χ1n) is 5.04. The van der Waals surface area contributed by atoms with Gasteiger partial charge in [0.1, 0.15) is 5.82 Å². The van der Waals surface area contributed by atoms with Crippen LogP contribution in [0.15, 0.2) is 11.4 Å². The molecular formula is C10H11F2N3OS. The number of rotatable bonds is 4. The third-order valence-corrected chi connectivity index (χ3v) is 3.10. The summed E-state index contributed by atoms with van der Waals surface area (Å²) in [6, 6.07) is -0.326. The van der Waals surface area contributed by atoms with Crippen molar-refractivity contribution < 1.29 is 13.6 Å². The number of halogens is 2. The molecule has 0 radical (unpaired) electrons. The molecule has 4 nitrogen and oxygen atoms in total. The summed E-state index contributed by atoms with van der Waals surface area (Å²) in [5, 5.41) is 3.36. The second-order valence-corrected chi connectivity index (χ2v) is 4.66. The van der Waals surface area contributed by atoms with E-state index in [0.29, 0.717) is 17.3 Å². The van der Waals surface area contributed by atoms with E-state index in [1.54, 1.807) is 6.26 Å². The lowest BCUT2D eigenvalue weighted by molar-refractivity contribution is -0.0794. The molecule has 0 bridgehead atoms. The Balaban J connectivity index is 2.11. The summed E-state index contributed by atoms with van der Waals surface area (Å²) in [6.07, 6.45) is 3.37. The van der Waals surface area contributed by atoms with Crippen molar-refractivity contribution in [1.29, 1.82) is 0 Å². The van der Waals surface area contributed by atoms with E-state index in [1.807, 2.05) is 0 Å². The number of thioether (sulfide) groups is 1. The van der Waals surface area contributed by atoms with E-state index in [-0.39, 0.29) is 24.4 Å². The first-order chi connectivity index (χ1) is 8.04. The Morgan fingerprint density at radius 3 is 2.82 bits per heavy atom. The van der Waals surface area contributed by atoms with Gasteiger partial charge in [0.2, 0.25) is 0 Å². The Bertz CT molecular complexity index is 434. The van der Waals surface area contributed by atoms with Crippen LogP contribution in [0.3, 0.4) is 0 Å². The quantitative estimate of drug-likeness (QED) is 0.510. The minimum Gasteiger partial charge on any atom is -0.366 e. The number of hydrogen-bond acceptors (Lipinski definition) is 5. The monoisotopic (exact) mass is 259 g/mol. The third kappa shape index (κ3) is 2.71. The average Bonchev–Trinajstić information content (AvgIpc) is 2.26. The highest BCUT2D eigenvalue weighted by atomic mass is 32.2. The van der Waals surface area contributed by atoms with Gasteiger partial charge >= 0.3 is 0 Å². The van der Waals surface area contributed by atoms with E-state index in [4.69, 9.17) is 0 Å². The van der Waals surface area contributed by atoms with Gasteiger partial charge in [0.15, 0.2) is 11.4 Å². The summed E-state index contributed by atoms with van der Waals surface area (Å²) < 4.78 is 25.3. The molecule has 0 unspecified atom stereocenters. The number of alkyl halides is 2. The predicted octanol–water partition coefficient (Wildman–Crippen LogP) is 2.22. The number of aldehydes is 1. The van der Waals surface area contributed by atoms with Crippen LogP contribution in [0.5, 0.6) is 0 Å². The Morgan fingerprint density at radius 2 is 2.29 bits per heavy atom. The van der Waals surface area contributed by atoms with E-state index in [2.05, 4.69) is 15.3 Å². The van der Waals surface area contributed by atoms with E-state index < -0.39 is 5.92 Å². The molecule has 1 heterocycles. The molecule has 0 atom stereocenters. The number of hydrogen-bond donors (Lipinski definition) is 1. The summed E-state index contributed by atoms with van der Waals surface area (Å²) in [4.78, 5) is 18.8. The molecule has 17 heavy (non-hydrogen) atoms. The second-order valence-electron chi connectivity index (χ2n) is 3.88. The number of anilines is 1. The first-order valence-corrected chi connectivity index (χ1v) is 6.27. The maximum atomic E-state index is 12.7. The zero-order valence-electron chi connectivity index (χ0n) is 9.11. The van der Waals surface area contributed by atoms with Crippen LogP contribution < -0.4 is 5.32 Å². The van der Waals surface area contributed by atoms with Crippen molar-refractivity contribution in [2.24, 2.45) is 0 Å². The van der Waals surface area contributed by atoms with Crippen molar-refractivity contribution in [1.82, 2.24) is 9.97 Å². The summed E-state index contributed by atoms with van der Waals surface area (Å²) in [7, 11) is 0. The molecule has 0 aromatic carbocycles. The Morgan fingerprint density at radius 1 is 1.59 bits per heavy atom. The molecular weight excluding hydrogens is 248 g/mol. The fourth-order valence-electron chi connectivity index (χ4n) is 1.63. The smallest absolute Gasteiger partial charge is 0.252 e. The normalized spacial score (nSPS) is 18.5. The minimum absolute atomic E-state index is 0.218. The van der Waals surface area contributed by atoms with Gasteiger partial charge < -0.3 is 5.32 Å². The van der Waals surface area contributed by atoms with E-state index in [1.165, 1.54) is 18.0 Å². The number of carbonyl (C=O) groups excluding carboxylic acids is 1. The fourth-order valence-corrected chi connectivity index (χ4v) is 1.97. The number of nitrogens with one attached hydrogen (secondary N) is 1. The van der Waals surface area contributed by atoms with Crippen LogP contribution in [0.25, 0.3) is 0 Å². The molecule has 0 aliphatic heterocycles. The summed E-state index contributed by atoms with van der Waals surface area (Å²) in [6.45, 7) is 0. The van der Waals surface area contributed by atoms with Crippen LogP contribution in [0.1, 0.15) is 23.2 Å². The SMILES string of the molecule is CSc1ncc(C=O)c(NC2CC(F)(F)C2)n1. The van der Waals surface area contributed by atoms with Crippen LogP contribution >= 0.6 is 11.8 Å². The zero-order chi connectivity index (χ0) is 12.5. The largest absolute Gasteiger partial charge is 0.366 e. The van der Waals surface area contributed by atoms with Crippen LogP contribution in [-0.4, -0.2) is 34.5 Å². The molecule has 1 aliphatic carbocycles. The van der Waals surface area contributed by atoms with Crippen LogP contribution in [0, 0.1) is 0 Å². The van der Waals surface area contributed by atoms with Crippen LogP contribution in [0.2, 0.25) is 0 Å². The lowest BCUT2D eigenvalue weighted by atomic mass is 9.88. The Hall–Kier alpha value is -1.24. The van der Waals surface area contributed by atoms with E-state index in [9.17, 15) is 13.6 Å². The highest BCUT2D eigenvalue weighted by Gasteiger charge is 2.45. The van der Waals surface area contributed by atoms with Gasteiger partial charge in [-0.15, -0.1) is 0 Å². The van der Waals surface area contributed by atoms with Gasteiger partial charge in [0.25, 0.3) is 5.92 Å². The lowest BCUT2D eigenvalue weighted by Gasteiger charge is -2.35. The van der Waals surface area contributed by atoms with E-state index in [0.717, 1.165) is 0 Å². The highest BCUT2D eigenvalue weighted by Crippen LogP contribution is 2.39. The maximum absolute atomic E-state index is 12.7. The topological polar surface area (TPSA) is 54.9 Å². The molecule has 1 aromatic heterocycles. The van der Waals surface area contributed by atoms with Crippen molar-refractivity contribution in [3.63, 3.8) is 0 Å².